The molecule has 0 unspecified atom stereocenters. The highest BCUT2D eigenvalue weighted by Gasteiger charge is 2.09. The Kier molecular flexibility index (Phi) is 4.30. The zero-order valence-corrected chi connectivity index (χ0v) is 10.9. The zero-order valence-electron chi connectivity index (χ0n) is 10.9. The number of rotatable bonds is 4. The van der Waals surface area contributed by atoms with E-state index >= 15 is 0 Å². The van der Waals surface area contributed by atoms with Crippen molar-refractivity contribution in [2.75, 3.05) is 0 Å². The molecule has 0 radical (unpaired) electrons. The summed E-state index contributed by atoms with van der Waals surface area (Å²) in [6.45, 7) is 0. The van der Waals surface area contributed by atoms with Crippen molar-refractivity contribution in [1.82, 2.24) is 5.43 Å². The number of carbonyl (C=O) groups excluding carboxylic acids is 1. The molecule has 0 heterocycles. The van der Waals surface area contributed by atoms with Crippen LogP contribution in [0.15, 0.2) is 53.6 Å². The van der Waals surface area contributed by atoms with Crippen LogP contribution in [0, 0.1) is 0 Å². The Morgan fingerprint density at radius 3 is 2.29 bits per heavy atom. The number of hydrogen-bond acceptors (Lipinski definition) is 4. The second-order valence-corrected chi connectivity index (χ2v) is 4.11. The summed E-state index contributed by atoms with van der Waals surface area (Å²) in [6.07, 6.45) is 1.24. The van der Waals surface area contributed by atoms with Crippen LogP contribution in [0.1, 0.15) is 26.3 Å². The lowest BCUT2D eigenvalue weighted by Gasteiger charge is -2.02. The number of amides is 1. The first kappa shape index (κ1) is 14.3. The van der Waals surface area contributed by atoms with E-state index in [-0.39, 0.29) is 16.9 Å². The van der Waals surface area contributed by atoms with E-state index in [1.807, 2.05) is 0 Å². The highest BCUT2D eigenvalue weighted by Crippen LogP contribution is 2.14. The van der Waals surface area contributed by atoms with Crippen LogP contribution >= 0.6 is 0 Å². The summed E-state index contributed by atoms with van der Waals surface area (Å²) in [5.41, 5.74) is 2.76. The summed E-state index contributed by atoms with van der Waals surface area (Å²) in [6, 6.07) is 12.3. The van der Waals surface area contributed by atoms with Gasteiger partial charge in [-0.1, -0.05) is 30.3 Å². The number of nitrogens with one attached hydrogen (secondary N) is 1. The van der Waals surface area contributed by atoms with Crippen LogP contribution in [0.25, 0.3) is 0 Å². The number of carboxylic acids is 1. The normalized spacial score (nSPS) is 10.5. The number of carbonyl (C=O) groups is 2. The summed E-state index contributed by atoms with van der Waals surface area (Å²) < 4.78 is 0. The summed E-state index contributed by atoms with van der Waals surface area (Å²) in [5, 5.41) is 22.2. The third-order valence-corrected chi connectivity index (χ3v) is 2.71. The van der Waals surface area contributed by atoms with Crippen molar-refractivity contribution in [2.24, 2.45) is 5.10 Å². The molecule has 6 heteroatoms. The Bertz CT molecular complexity index is 710. The average molecular weight is 284 g/mol. The Balaban J connectivity index is 2.12. The molecule has 2 aromatic carbocycles. The average Bonchev–Trinajstić information content (AvgIpc) is 2.48. The summed E-state index contributed by atoms with van der Waals surface area (Å²) >= 11 is 0. The summed E-state index contributed by atoms with van der Waals surface area (Å²) in [4.78, 5) is 22.8. The monoisotopic (exact) mass is 284 g/mol. The van der Waals surface area contributed by atoms with Gasteiger partial charge in [0.2, 0.25) is 0 Å². The van der Waals surface area contributed by atoms with E-state index in [0.29, 0.717) is 5.56 Å². The number of aromatic hydroxyl groups is 1. The Morgan fingerprint density at radius 2 is 1.62 bits per heavy atom. The number of nitrogens with zero attached hydrogens (tertiary/aromatic N) is 1. The first-order valence-corrected chi connectivity index (χ1v) is 6.03. The molecule has 0 bridgehead atoms. The van der Waals surface area contributed by atoms with Gasteiger partial charge in [0.1, 0.15) is 5.75 Å². The minimum atomic E-state index is -1.08. The third kappa shape index (κ3) is 3.44. The molecule has 0 aliphatic carbocycles. The second kappa shape index (κ2) is 6.33. The lowest BCUT2D eigenvalue weighted by molar-refractivity contribution is 0.0696. The largest absolute Gasteiger partial charge is 0.507 e. The first-order chi connectivity index (χ1) is 10.1. The van der Waals surface area contributed by atoms with Crippen LogP contribution in [0.5, 0.6) is 5.75 Å². The lowest BCUT2D eigenvalue weighted by Crippen LogP contribution is -2.17. The highest BCUT2D eigenvalue weighted by molar-refractivity contribution is 6.00. The number of hydrogen-bond donors (Lipinski definition) is 3. The van der Waals surface area contributed by atoms with E-state index in [1.165, 1.54) is 24.4 Å². The summed E-state index contributed by atoms with van der Waals surface area (Å²) in [5.74, 6) is -1.82. The van der Waals surface area contributed by atoms with Gasteiger partial charge in [0.25, 0.3) is 5.91 Å². The molecule has 0 aliphatic heterocycles. The number of benzene rings is 2. The van der Waals surface area contributed by atoms with E-state index < -0.39 is 11.9 Å². The minimum Gasteiger partial charge on any atom is -0.507 e. The van der Waals surface area contributed by atoms with Crippen molar-refractivity contribution in [3.05, 3.63) is 65.2 Å². The quantitative estimate of drug-likeness (QED) is 0.589. The van der Waals surface area contributed by atoms with E-state index in [9.17, 15) is 14.7 Å². The number of phenolic OH excluding ortho intramolecular Hbond substituents is 1. The van der Waals surface area contributed by atoms with Gasteiger partial charge in [0.05, 0.1) is 17.3 Å². The Morgan fingerprint density at radius 1 is 1.00 bits per heavy atom. The van der Waals surface area contributed by atoms with Crippen LogP contribution < -0.4 is 5.43 Å². The number of aromatic carboxylic acids is 1. The number of carboxylic acid groups (broad SMARTS) is 1. The van der Waals surface area contributed by atoms with Crippen molar-refractivity contribution in [3.8, 4) is 5.75 Å². The molecule has 2 aromatic rings. The van der Waals surface area contributed by atoms with Crippen LogP contribution in [0.3, 0.4) is 0 Å². The smallest absolute Gasteiger partial charge is 0.336 e. The maximum Gasteiger partial charge on any atom is 0.336 e. The van der Waals surface area contributed by atoms with Crippen LogP contribution in [-0.4, -0.2) is 28.3 Å². The van der Waals surface area contributed by atoms with E-state index in [0.717, 1.165) is 0 Å². The molecular formula is C15H12N2O4. The van der Waals surface area contributed by atoms with Gasteiger partial charge in [-0.25, -0.2) is 10.2 Å². The molecule has 0 saturated heterocycles. The van der Waals surface area contributed by atoms with Crippen LogP contribution in [0.2, 0.25) is 0 Å². The van der Waals surface area contributed by atoms with Gasteiger partial charge >= 0.3 is 5.97 Å². The van der Waals surface area contributed by atoms with Gasteiger partial charge in [-0.2, -0.15) is 5.10 Å². The summed E-state index contributed by atoms with van der Waals surface area (Å²) in [7, 11) is 0. The standard InChI is InChI=1S/C15H12N2O4/c18-13-8-4-3-7-12(13)14(19)17-16-9-10-5-1-2-6-11(10)15(20)21/h1-9,18H,(H,17,19)(H,20,21)/b16-9-. The van der Waals surface area contributed by atoms with Gasteiger partial charge in [-0.05, 0) is 18.2 Å². The minimum absolute atomic E-state index is 0.0815. The zero-order chi connectivity index (χ0) is 15.2. The maximum atomic E-state index is 11.8. The molecular weight excluding hydrogens is 272 g/mol. The van der Waals surface area contributed by atoms with Gasteiger partial charge in [-0.15, -0.1) is 0 Å². The van der Waals surface area contributed by atoms with Crippen LogP contribution in [-0.2, 0) is 0 Å². The maximum absolute atomic E-state index is 11.8. The van der Waals surface area contributed by atoms with Crippen molar-refractivity contribution < 1.29 is 19.8 Å². The molecule has 0 atom stereocenters. The highest BCUT2D eigenvalue weighted by atomic mass is 16.4. The molecule has 0 saturated carbocycles. The van der Waals surface area contributed by atoms with Gasteiger partial charge in [-0.3, -0.25) is 4.79 Å². The topological polar surface area (TPSA) is 99.0 Å². The second-order valence-electron chi connectivity index (χ2n) is 4.11. The van der Waals surface area contributed by atoms with Crippen molar-refractivity contribution in [3.63, 3.8) is 0 Å². The van der Waals surface area contributed by atoms with Crippen molar-refractivity contribution >= 4 is 18.1 Å². The molecule has 3 N–H and O–H groups in total. The molecule has 1 amide bonds. The lowest BCUT2D eigenvalue weighted by atomic mass is 10.1. The first-order valence-electron chi connectivity index (χ1n) is 6.03. The molecule has 0 spiro atoms. The van der Waals surface area contributed by atoms with Gasteiger partial charge < -0.3 is 10.2 Å². The fourth-order valence-electron chi connectivity index (χ4n) is 1.69. The van der Waals surface area contributed by atoms with Crippen molar-refractivity contribution in [1.29, 1.82) is 0 Å². The predicted octanol–water partition coefficient (Wildman–Crippen LogP) is 1.85. The molecule has 2 rings (SSSR count). The fourth-order valence-corrected chi connectivity index (χ4v) is 1.69. The fraction of sp³-hybridized carbons (Fsp3) is 0. The van der Waals surface area contributed by atoms with Crippen molar-refractivity contribution in [2.45, 2.75) is 0 Å². The molecule has 0 fully saturated rings. The van der Waals surface area contributed by atoms with E-state index in [2.05, 4.69) is 10.5 Å². The molecule has 106 valence electrons. The SMILES string of the molecule is O=C(N/N=C\c1ccccc1C(=O)O)c1ccccc1O. The number of para-hydroxylation sites is 1. The molecule has 6 nitrogen and oxygen atoms in total. The molecule has 0 aliphatic rings. The number of hydrazone groups is 1. The van der Waals surface area contributed by atoms with E-state index in [4.69, 9.17) is 5.11 Å². The Hall–Kier alpha value is -3.15. The number of phenols is 1. The van der Waals surface area contributed by atoms with Gasteiger partial charge in [0, 0.05) is 5.56 Å². The third-order valence-electron chi connectivity index (χ3n) is 2.71. The van der Waals surface area contributed by atoms with Crippen LogP contribution in [0.4, 0.5) is 0 Å². The molecule has 21 heavy (non-hydrogen) atoms. The van der Waals surface area contributed by atoms with Gasteiger partial charge in [0.15, 0.2) is 0 Å². The Labute approximate surface area is 120 Å². The molecule has 0 aromatic heterocycles. The predicted molar refractivity (Wildman–Crippen MR) is 76.6 cm³/mol. The van der Waals surface area contributed by atoms with E-state index in [1.54, 1.807) is 30.3 Å².